The molecule has 0 spiro atoms. The Morgan fingerprint density at radius 3 is 2.50 bits per heavy atom. The lowest BCUT2D eigenvalue weighted by Crippen LogP contribution is -2.51. The summed E-state index contributed by atoms with van der Waals surface area (Å²) in [4.78, 5) is 14.6. The highest BCUT2D eigenvalue weighted by molar-refractivity contribution is 6.30. The zero-order valence-electron chi connectivity index (χ0n) is 18.6. The van der Waals surface area contributed by atoms with Crippen LogP contribution in [0.25, 0.3) is 6.08 Å². The van der Waals surface area contributed by atoms with Crippen LogP contribution in [0.5, 0.6) is 11.5 Å². The van der Waals surface area contributed by atoms with Crippen molar-refractivity contribution < 1.29 is 28.2 Å². The summed E-state index contributed by atoms with van der Waals surface area (Å²) in [6.07, 6.45) is 2.48. The third-order valence-corrected chi connectivity index (χ3v) is 6.17. The van der Waals surface area contributed by atoms with Crippen molar-refractivity contribution in [3.8, 4) is 11.5 Å². The molecule has 0 radical (unpaired) electrons. The van der Waals surface area contributed by atoms with Gasteiger partial charge in [0.1, 0.15) is 19.3 Å². The molecule has 2 aliphatic heterocycles. The third-order valence-electron chi connectivity index (χ3n) is 5.92. The predicted molar refractivity (Wildman–Crippen MR) is 125 cm³/mol. The lowest BCUT2D eigenvalue weighted by atomic mass is 10.0. The average molecular weight is 493 g/mol. The molecule has 0 aromatic heterocycles. The van der Waals surface area contributed by atoms with Gasteiger partial charge >= 0.3 is 5.92 Å². The number of fused-ring (bicyclic) bond motifs is 1. The number of ether oxygens (including phenoxy) is 2. The van der Waals surface area contributed by atoms with E-state index in [1.165, 1.54) is 6.08 Å². The molecule has 1 fully saturated rings. The molecular formula is C25H27ClF2N2O4. The molecule has 0 saturated carbocycles. The topological polar surface area (TPSA) is 71.0 Å². The van der Waals surface area contributed by atoms with E-state index < -0.39 is 24.0 Å². The summed E-state index contributed by atoms with van der Waals surface area (Å²) >= 11 is 5.82. The van der Waals surface area contributed by atoms with Gasteiger partial charge in [0, 0.05) is 11.6 Å². The number of halogens is 3. The minimum Gasteiger partial charge on any atom is -0.486 e. The van der Waals surface area contributed by atoms with Crippen molar-refractivity contribution in [1.29, 1.82) is 0 Å². The zero-order chi connectivity index (χ0) is 24.1. The minimum absolute atomic E-state index is 0.248. The summed E-state index contributed by atoms with van der Waals surface area (Å²) in [6.45, 7) is 2.63. The van der Waals surface area contributed by atoms with Gasteiger partial charge in [0.15, 0.2) is 11.5 Å². The lowest BCUT2D eigenvalue weighted by molar-refractivity contribution is -0.141. The van der Waals surface area contributed by atoms with E-state index in [1.807, 2.05) is 4.90 Å². The monoisotopic (exact) mass is 492 g/mol. The van der Waals surface area contributed by atoms with Crippen LogP contribution < -0.4 is 14.8 Å². The van der Waals surface area contributed by atoms with Crippen molar-refractivity contribution in [2.24, 2.45) is 0 Å². The maximum atomic E-state index is 14.7. The van der Waals surface area contributed by atoms with Gasteiger partial charge in [-0.05, 0) is 67.4 Å². The SMILES string of the molecule is O=C(NC(CN1CCCC1)C(O)c1ccc2c(c1)OCCO2)C(F)(F)/C=C/c1ccc(Cl)cc1. The van der Waals surface area contributed by atoms with Gasteiger partial charge < -0.3 is 24.8 Å². The third kappa shape index (κ3) is 6.05. The highest BCUT2D eigenvalue weighted by atomic mass is 35.5. The predicted octanol–water partition coefficient (Wildman–Crippen LogP) is 4.07. The number of benzene rings is 2. The second kappa shape index (κ2) is 10.7. The van der Waals surface area contributed by atoms with Gasteiger partial charge in [0.25, 0.3) is 5.91 Å². The molecule has 2 N–H and O–H groups in total. The van der Waals surface area contributed by atoms with Crippen LogP contribution in [0.15, 0.2) is 48.5 Å². The van der Waals surface area contributed by atoms with Crippen molar-refractivity contribution in [3.05, 3.63) is 64.7 Å². The number of carbonyl (C=O) groups excluding carboxylic acids is 1. The molecule has 1 saturated heterocycles. The summed E-state index contributed by atoms with van der Waals surface area (Å²) in [6, 6.07) is 10.3. The van der Waals surface area contributed by atoms with Gasteiger partial charge in [0.05, 0.1) is 6.04 Å². The van der Waals surface area contributed by atoms with Crippen LogP contribution in [0.1, 0.15) is 30.1 Å². The maximum Gasteiger partial charge on any atom is 0.343 e. The summed E-state index contributed by atoms with van der Waals surface area (Å²) < 4.78 is 40.5. The van der Waals surface area contributed by atoms with Crippen LogP contribution in [-0.2, 0) is 4.79 Å². The highest BCUT2D eigenvalue weighted by Crippen LogP contribution is 2.34. The number of amides is 1. The molecule has 9 heteroatoms. The van der Waals surface area contributed by atoms with E-state index in [0.717, 1.165) is 25.9 Å². The second-order valence-electron chi connectivity index (χ2n) is 8.44. The Hall–Kier alpha value is -2.68. The fourth-order valence-electron chi connectivity index (χ4n) is 4.06. The first kappa shape index (κ1) is 24.4. The van der Waals surface area contributed by atoms with E-state index in [0.29, 0.717) is 46.9 Å². The van der Waals surface area contributed by atoms with Crippen molar-refractivity contribution in [3.63, 3.8) is 0 Å². The first-order valence-corrected chi connectivity index (χ1v) is 11.6. The van der Waals surface area contributed by atoms with Crippen LogP contribution in [0.3, 0.4) is 0 Å². The second-order valence-corrected chi connectivity index (χ2v) is 8.88. The number of nitrogens with one attached hydrogen (secondary N) is 1. The molecule has 1 amide bonds. The lowest BCUT2D eigenvalue weighted by Gasteiger charge is -2.30. The number of rotatable bonds is 8. The first-order chi connectivity index (χ1) is 16.3. The van der Waals surface area contributed by atoms with Gasteiger partial charge in [0.2, 0.25) is 0 Å². The number of hydrogen-bond acceptors (Lipinski definition) is 5. The van der Waals surface area contributed by atoms with Gasteiger partial charge in [-0.15, -0.1) is 0 Å². The normalized spacial score (nSPS) is 18.1. The van der Waals surface area contributed by atoms with Gasteiger partial charge in [-0.2, -0.15) is 8.78 Å². The number of likely N-dealkylation sites (tertiary alicyclic amines) is 1. The Kier molecular flexibility index (Phi) is 7.70. The van der Waals surface area contributed by atoms with Crippen molar-refractivity contribution in [2.75, 3.05) is 32.8 Å². The Labute approximate surface area is 202 Å². The van der Waals surface area contributed by atoms with E-state index in [9.17, 15) is 18.7 Å². The van der Waals surface area contributed by atoms with Gasteiger partial charge in [-0.3, -0.25) is 4.79 Å². The molecule has 2 heterocycles. The van der Waals surface area contributed by atoms with Crippen molar-refractivity contribution in [2.45, 2.75) is 30.9 Å². The quantitative estimate of drug-likeness (QED) is 0.581. The van der Waals surface area contributed by atoms with Crippen LogP contribution in [0.2, 0.25) is 5.02 Å². The molecule has 2 unspecified atom stereocenters. The molecule has 34 heavy (non-hydrogen) atoms. The number of aliphatic hydroxyl groups is 1. The van der Waals surface area contributed by atoms with E-state index in [2.05, 4.69) is 5.32 Å². The minimum atomic E-state index is -3.77. The Morgan fingerprint density at radius 2 is 1.79 bits per heavy atom. The summed E-state index contributed by atoms with van der Waals surface area (Å²) in [7, 11) is 0. The smallest absolute Gasteiger partial charge is 0.343 e. The summed E-state index contributed by atoms with van der Waals surface area (Å²) in [5, 5.41) is 13.9. The summed E-state index contributed by atoms with van der Waals surface area (Å²) in [5.41, 5.74) is 0.940. The van der Waals surface area contributed by atoms with E-state index in [4.69, 9.17) is 21.1 Å². The largest absolute Gasteiger partial charge is 0.486 e. The molecular weight excluding hydrogens is 466 g/mol. The van der Waals surface area contributed by atoms with Crippen molar-refractivity contribution in [1.82, 2.24) is 10.2 Å². The summed E-state index contributed by atoms with van der Waals surface area (Å²) in [5.74, 6) is -4.21. The van der Waals surface area contributed by atoms with Gasteiger partial charge in [-0.1, -0.05) is 35.9 Å². The zero-order valence-corrected chi connectivity index (χ0v) is 19.3. The molecule has 2 aromatic rings. The fourth-order valence-corrected chi connectivity index (χ4v) is 4.19. The standard InChI is InChI=1S/C25H27ClF2N2O4/c26-19-6-3-17(4-7-19)9-10-25(27,28)24(32)29-20(16-30-11-1-2-12-30)23(31)18-5-8-21-22(15-18)34-14-13-33-21/h3-10,15,20,23,31H,1-2,11-14,16H2,(H,29,32)/b10-9+. The number of carbonyl (C=O) groups is 1. The van der Waals surface area contributed by atoms with Crippen molar-refractivity contribution >= 4 is 23.6 Å². The Balaban J connectivity index is 1.50. The molecule has 4 rings (SSSR count). The average Bonchev–Trinajstić information content (AvgIpc) is 3.35. The number of nitrogens with zero attached hydrogens (tertiary/aromatic N) is 1. The fraction of sp³-hybridized carbons (Fsp3) is 0.400. The number of aliphatic hydroxyl groups excluding tert-OH is 1. The maximum absolute atomic E-state index is 14.7. The molecule has 0 bridgehead atoms. The van der Waals surface area contributed by atoms with Crippen LogP contribution in [0.4, 0.5) is 8.78 Å². The van der Waals surface area contributed by atoms with E-state index >= 15 is 0 Å². The first-order valence-electron chi connectivity index (χ1n) is 11.3. The van der Waals surface area contributed by atoms with Crippen LogP contribution >= 0.6 is 11.6 Å². The molecule has 182 valence electrons. The van der Waals surface area contributed by atoms with E-state index in [1.54, 1.807) is 42.5 Å². The Bertz CT molecular complexity index is 1030. The van der Waals surface area contributed by atoms with Crippen LogP contribution in [0, 0.1) is 0 Å². The highest BCUT2D eigenvalue weighted by Gasteiger charge is 2.39. The van der Waals surface area contributed by atoms with Crippen LogP contribution in [-0.4, -0.2) is 60.7 Å². The van der Waals surface area contributed by atoms with E-state index in [-0.39, 0.29) is 6.54 Å². The molecule has 6 nitrogen and oxygen atoms in total. The van der Waals surface area contributed by atoms with Gasteiger partial charge in [-0.25, -0.2) is 0 Å². The molecule has 2 atom stereocenters. The molecule has 2 aliphatic rings. The number of alkyl halides is 2. The Morgan fingerprint density at radius 1 is 1.12 bits per heavy atom. The molecule has 2 aromatic carbocycles. The molecule has 0 aliphatic carbocycles. The number of hydrogen-bond donors (Lipinski definition) is 2.